The molecule has 38 heavy (non-hydrogen) atoms. The van der Waals surface area contributed by atoms with Crippen molar-refractivity contribution in [2.24, 2.45) is 0 Å². The molecular weight excluding hydrogens is 460 g/mol. The van der Waals surface area contributed by atoms with Crippen molar-refractivity contribution >= 4 is 5.70 Å². The van der Waals surface area contributed by atoms with Crippen LogP contribution in [0.1, 0.15) is 41.5 Å². The molecule has 3 heterocycles. The first-order valence-corrected chi connectivity index (χ1v) is 13.7. The predicted molar refractivity (Wildman–Crippen MR) is 154 cm³/mol. The molecule has 1 aliphatic carbocycles. The summed E-state index contributed by atoms with van der Waals surface area (Å²) in [4.78, 5) is 0. The molecule has 2 atom stereocenters. The molecule has 0 saturated heterocycles. The average molecular weight is 493 g/mol. The highest BCUT2D eigenvalue weighted by Crippen LogP contribution is 2.45. The van der Waals surface area contributed by atoms with Crippen molar-refractivity contribution < 1.29 is 9.13 Å². The topological polar surface area (TPSA) is 7.76 Å². The van der Waals surface area contributed by atoms with Crippen molar-refractivity contribution in [1.82, 2.24) is 0 Å². The lowest BCUT2D eigenvalue weighted by Gasteiger charge is -2.32. The van der Waals surface area contributed by atoms with Gasteiger partial charge in [0.25, 0.3) is 0 Å². The number of allylic oxidation sites excluding steroid dienone is 2. The third-order valence-electron chi connectivity index (χ3n) is 8.51. The van der Waals surface area contributed by atoms with Gasteiger partial charge in [-0.25, -0.2) is 0 Å². The molecule has 3 aromatic carbocycles. The zero-order valence-electron chi connectivity index (χ0n) is 22.0. The first-order chi connectivity index (χ1) is 18.7. The van der Waals surface area contributed by atoms with Gasteiger partial charge in [-0.3, -0.25) is 0 Å². The Bertz CT molecular complexity index is 1710. The van der Waals surface area contributed by atoms with Crippen molar-refractivity contribution in [2.75, 3.05) is 0 Å². The highest BCUT2D eigenvalue weighted by Gasteiger charge is 2.43. The average Bonchev–Trinajstić information content (AvgIpc) is 2.97. The highest BCUT2D eigenvalue weighted by molar-refractivity contribution is 5.73. The van der Waals surface area contributed by atoms with Gasteiger partial charge in [0.05, 0.1) is 5.92 Å². The van der Waals surface area contributed by atoms with E-state index in [4.69, 9.17) is 0 Å². The maximum atomic E-state index is 2.51. The van der Waals surface area contributed by atoms with Gasteiger partial charge < -0.3 is 0 Å². The van der Waals surface area contributed by atoms with Crippen molar-refractivity contribution in [3.63, 3.8) is 0 Å². The largest absolute Gasteiger partial charge is 0.218 e. The van der Waals surface area contributed by atoms with Gasteiger partial charge in [-0.1, -0.05) is 60.7 Å². The number of pyridine rings is 2. The lowest BCUT2D eigenvalue weighted by atomic mass is 9.76. The summed E-state index contributed by atoms with van der Waals surface area (Å²) in [5.41, 5.74) is 13.3. The quantitative estimate of drug-likeness (QED) is 0.227. The zero-order valence-corrected chi connectivity index (χ0v) is 22.0. The number of nitrogens with zero attached hydrogens (tertiary/aromatic N) is 2. The molecule has 0 fully saturated rings. The number of aryl methyl sites for hydroxylation is 2. The molecule has 2 heteroatoms. The van der Waals surface area contributed by atoms with Gasteiger partial charge in [-0.15, -0.1) is 0 Å². The maximum absolute atomic E-state index is 2.51. The van der Waals surface area contributed by atoms with E-state index in [9.17, 15) is 0 Å². The number of benzene rings is 3. The van der Waals surface area contributed by atoms with Crippen LogP contribution in [-0.4, -0.2) is 0 Å². The van der Waals surface area contributed by atoms with Crippen molar-refractivity contribution in [3.05, 3.63) is 138 Å². The molecule has 0 spiro atoms. The molecule has 184 valence electrons. The smallest absolute Gasteiger partial charge is 0.195 e. The molecule has 2 aromatic heterocycles. The minimum atomic E-state index is 0.443. The molecule has 0 N–H and O–H groups in total. The minimum Gasteiger partial charge on any atom is -0.195 e. The van der Waals surface area contributed by atoms with Crippen LogP contribution in [0.15, 0.2) is 122 Å². The van der Waals surface area contributed by atoms with Crippen LogP contribution in [0.4, 0.5) is 0 Å². The summed E-state index contributed by atoms with van der Waals surface area (Å²) in [7, 11) is 0. The number of fused-ring (bicyclic) bond motifs is 6. The van der Waals surface area contributed by atoms with E-state index in [2.05, 4.69) is 145 Å². The number of rotatable bonds is 3. The Morgan fingerprint density at radius 1 is 0.632 bits per heavy atom. The van der Waals surface area contributed by atoms with Crippen LogP contribution >= 0.6 is 0 Å². The van der Waals surface area contributed by atoms with E-state index in [0.717, 1.165) is 12.8 Å². The van der Waals surface area contributed by atoms with Crippen LogP contribution in [-0.2, 0) is 0 Å². The molecule has 0 amide bonds. The van der Waals surface area contributed by atoms with Crippen LogP contribution in [0.3, 0.4) is 0 Å². The van der Waals surface area contributed by atoms with Crippen LogP contribution in [0.5, 0.6) is 0 Å². The first kappa shape index (κ1) is 22.9. The van der Waals surface area contributed by atoms with Gasteiger partial charge in [0.1, 0.15) is 0 Å². The van der Waals surface area contributed by atoms with E-state index >= 15 is 0 Å². The molecule has 0 radical (unpaired) electrons. The van der Waals surface area contributed by atoms with E-state index in [0.29, 0.717) is 12.0 Å². The first-order valence-electron chi connectivity index (χ1n) is 13.7. The Labute approximate surface area is 225 Å². The molecule has 7 rings (SSSR count). The fraction of sp³-hybridized carbons (Fsp3) is 0.167. The summed E-state index contributed by atoms with van der Waals surface area (Å²) in [6.07, 6.45) is 9.08. The van der Waals surface area contributed by atoms with E-state index < -0.39 is 0 Å². The molecule has 2 unspecified atom stereocenters. The maximum Gasteiger partial charge on any atom is 0.218 e. The minimum absolute atomic E-state index is 0.443. The second kappa shape index (κ2) is 9.22. The van der Waals surface area contributed by atoms with Gasteiger partial charge in [-0.05, 0) is 65.9 Å². The molecular formula is C36H32N2+2. The lowest BCUT2D eigenvalue weighted by Crippen LogP contribution is -2.49. The zero-order chi connectivity index (χ0) is 25.6. The summed E-state index contributed by atoms with van der Waals surface area (Å²) < 4.78 is 4.96. The van der Waals surface area contributed by atoms with Crippen LogP contribution in [0.25, 0.3) is 39.3 Å². The fourth-order valence-electron chi connectivity index (χ4n) is 6.60. The molecule has 2 aliphatic rings. The van der Waals surface area contributed by atoms with Gasteiger partial charge in [0.2, 0.25) is 11.4 Å². The number of hydrogen-bond acceptors (Lipinski definition) is 0. The molecule has 1 aliphatic heterocycles. The third-order valence-corrected chi connectivity index (χ3v) is 8.51. The van der Waals surface area contributed by atoms with Gasteiger partial charge in [0.15, 0.2) is 24.1 Å². The Morgan fingerprint density at radius 3 is 2.11 bits per heavy atom. The summed E-state index contributed by atoms with van der Waals surface area (Å²) in [5.74, 6) is 0.444. The summed E-state index contributed by atoms with van der Waals surface area (Å²) in [6, 6.07) is 38.2. The highest BCUT2D eigenvalue weighted by atomic mass is 15.0. The predicted octanol–water partition coefficient (Wildman–Crippen LogP) is 7.85. The lowest BCUT2D eigenvalue weighted by molar-refractivity contribution is -0.718. The van der Waals surface area contributed by atoms with Crippen molar-refractivity contribution in [3.8, 4) is 33.6 Å². The SMILES string of the molecule is Cc1ccccc1-c1cc[n+](C2=CCC3C(C2)c2ccccc2-c2cccc[n+]23)c(-c2ccccc2C)c1. The van der Waals surface area contributed by atoms with Gasteiger partial charge in [-0.2, -0.15) is 9.13 Å². The Kier molecular flexibility index (Phi) is 5.55. The normalized spacial score (nSPS) is 17.7. The third kappa shape index (κ3) is 3.71. The molecule has 2 nitrogen and oxygen atoms in total. The Balaban J connectivity index is 1.38. The van der Waals surface area contributed by atoms with Gasteiger partial charge >= 0.3 is 0 Å². The number of hydrogen-bond donors (Lipinski definition) is 0. The number of aromatic nitrogens is 2. The Morgan fingerprint density at radius 2 is 1.32 bits per heavy atom. The van der Waals surface area contributed by atoms with Crippen LogP contribution in [0, 0.1) is 13.8 Å². The second-order valence-electron chi connectivity index (χ2n) is 10.7. The molecule has 5 aromatic rings. The second-order valence-corrected chi connectivity index (χ2v) is 10.7. The van der Waals surface area contributed by atoms with E-state index in [1.54, 1.807) is 0 Å². The van der Waals surface area contributed by atoms with Gasteiger partial charge in [0, 0.05) is 48.2 Å². The van der Waals surface area contributed by atoms with Crippen molar-refractivity contribution in [1.29, 1.82) is 0 Å². The molecule has 0 saturated carbocycles. The summed E-state index contributed by atoms with van der Waals surface area (Å²) in [5, 5.41) is 0. The fourth-order valence-corrected chi connectivity index (χ4v) is 6.60. The summed E-state index contributed by atoms with van der Waals surface area (Å²) >= 11 is 0. The summed E-state index contributed by atoms with van der Waals surface area (Å²) in [6.45, 7) is 4.42. The standard InChI is InChI=1S/C36H32N2/c1-25-11-3-5-13-29(25)27-20-22-37(36(23-27)30-14-6-4-12-26(30)2)28-18-19-35-33(24-28)31-15-7-8-16-32(31)34-17-9-10-21-38(34)35/h3-18,20-23,33,35H,19,24H2,1-2H3/q+2. The van der Waals surface area contributed by atoms with E-state index in [1.807, 2.05) is 0 Å². The Hall–Kier alpha value is -4.30. The van der Waals surface area contributed by atoms with Crippen LogP contribution < -0.4 is 9.13 Å². The molecule has 0 bridgehead atoms. The van der Waals surface area contributed by atoms with E-state index in [1.165, 1.54) is 56.0 Å². The monoisotopic (exact) mass is 492 g/mol. The van der Waals surface area contributed by atoms with E-state index in [-0.39, 0.29) is 0 Å². The van der Waals surface area contributed by atoms with Crippen LogP contribution in [0.2, 0.25) is 0 Å². The van der Waals surface area contributed by atoms with Crippen molar-refractivity contribution in [2.45, 2.75) is 38.6 Å².